The summed E-state index contributed by atoms with van der Waals surface area (Å²) in [6.45, 7) is 3.21. The maximum atomic E-state index is 13.2. The summed E-state index contributed by atoms with van der Waals surface area (Å²) in [6, 6.07) is 7.21. The van der Waals surface area contributed by atoms with Crippen LogP contribution in [0.5, 0.6) is 0 Å². The Morgan fingerprint density at radius 1 is 1.33 bits per heavy atom. The van der Waals surface area contributed by atoms with E-state index in [4.69, 9.17) is 9.47 Å². The number of hydrogen-bond donors (Lipinski definition) is 1. The van der Waals surface area contributed by atoms with E-state index >= 15 is 0 Å². The molecule has 9 nitrogen and oxygen atoms in total. The average molecular weight is 409 g/mol. The van der Waals surface area contributed by atoms with Crippen molar-refractivity contribution >= 4 is 23.4 Å². The first-order valence-corrected chi connectivity index (χ1v) is 10.0. The number of rotatable bonds is 5. The maximum Gasteiger partial charge on any atom is 0.267 e. The molecular weight excluding hydrogens is 386 g/mol. The molecule has 30 heavy (non-hydrogen) atoms. The predicted molar refractivity (Wildman–Crippen MR) is 110 cm³/mol. The lowest BCUT2D eigenvalue weighted by Gasteiger charge is -2.29. The highest BCUT2D eigenvalue weighted by Gasteiger charge is 2.22. The minimum absolute atomic E-state index is 0.0363. The molecule has 0 saturated carbocycles. The maximum absolute atomic E-state index is 13.2. The summed E-state index contributed by atoms with van der Waals surface area (Å²) in [6.07, 6.45) is 4.76. The van der Waals surface area contributed by atoms with Crippen LogP contribution in [0.1, 0.15) is 18.4 Å². The van der Waals surface area contributed by atoms with Crippen LogP contribution < -0.4 is 15.8 Å². The standard InChI is InChI=1S/C21H23N5O4/c22-13-15(20(27)23-14-16-4-3-9-30-16)12-17-19(25-7-10-29-11-8-25)24-18-5-1-2-6-26(18)21(17)28/h1-2,5-6,12,16H,3-4,7-11,14H2,(H,23,27)/b15-12+. The third-order valence-electron chi connectivity index (χ3n) is 5.23. The van der Waals surface area contributed by atoms with Gasteiger partial charge in [-0.05, 0) is 31.1 Å². The third-order valence-corrected chi connectivity index (χ3v) is 5.23. The van der Waals surface area contributed by atoms with Crippen LogP contribution in [0.15, 0.2) is 34.8 Å². The second kappa shape index (κ2) is 9.07. The number of nitriles is 1. The molecule has 0 spiro atoms. The quantitative estimate of drug-likeness (QED) is 0.573. The molecule has 2 fully saturated rings. The molecule has 0 aliphatic carbocycles. The fourth-order valence-electron chi connectivity index (χ4n) is 3.63. The van der Waals surface area contributed by atoms with Gasteiger partial charge in [-0.2, -0.15) is 5.26 Å². The number of aromatic nitrogens is 2. The number of hydrogen-bond acceptors (Lipinski definition) is 7. The number of pyridine rings is 1. The van der Waals surface area contributed by atoms with Gasteiger partial charge in [0.05, 0.1) is 24.9 Å². The minimum Gasteiger partial charge on any atom is -0.378 e. The number of morpholine rings is 1. The van der Waals surface area contributed by atoms with Gasteiger partial charge in [-0.1, -0.05) is 6.07 Å². The van der Waals surface area contributed by atoms with E-state index < -0.39 is 5.91 Å². The van der Waals surface area contributed by atoms with Crippen LogP contribution in [-0.2, 0) is 14.3 Å². The summed E-state index contributed by atoms with van der Waals surface area (Å²) in [5.41, 5.74) is 0.242. The zero-order valence-electron chi connectivity index (χ0n) is 16.5. The molecule has 2 aromatic heterocycles. The Labute approximate surface area is 173 Å². The molecule has 1 unspecified atom stereocenters. The van der Waals surface area contributed by atoms with Crippen LogP contribution in [0.3, 0.4) is 0 Å². The van der Waals surface area contributed by atoms with Crippen LogP contribution in [0.2, 0.25) is 0 Å². The molecule has 4 heterocycles. The van der Waals surface area contributed by atoms with Crippen LogP contribution >= 0.6 is 0 Å². The van der Waals surface area contributed by atoms with Gasteiger partial charge in [-0.15, -0.1) is 0 Å². The first kappa shape index (κ1) is 20.1. The molecule has 2 saturated heterocycles. The number of amides is 1. The number of carbonyl (C=O) groups excluding carboxylic acids is 1. The Bertz CT molecular complexity index is 1060. The summed E-state index contributed by atoms with van der Waals surface area (Å²) in [5, 5.41) is 12.3. The molecule has 2 aliphatic rings. The monoisotopic (exact) mass is 409 g/mol. The zero-order valence-corrected chi connectivity index (χ0v) is 16.5. The van der Waals surface area contributed by atoms with Crippen molar-refractivity contribution in [1.82, 2.24) is 14.7 Å². The van der Waals surface area contributed by atoms with Gasteiger partial charge < -0.3 is 19.7 Å². The van der Waals surface area contributed by atoms with Gasteiger partial charge >= 0.3 is 0 Å². The highest BCUT2D eigenvalue weighted by atomic mass is 16.5. The van der Waals surface area contributed by atoms with Crippen molar-refractivity contribution < 1.29 is 14.3 Å². The lowest BCUT2D eigenvalue weighted by molar-refractivity contribution is -0.117. The first-order chi connectivity index (χ1) is 14.7. The predicted octanol–water partition coefficient (Wildman–Crippen LogP) is 0.733. The van der Waals surface area contributed by atoms with Crippen LogP contribution in [0.4, 0.5) is 5.82 Å². The fourth-order valence-corrected chi connectivity index (χ4v) is 3.63. The molecule has 156 valence electrons. The van der Waals surface area contributed by atoms with Crippen LogP contribution in [0, 0.1) is 11.3 Å². The number of fused-ring (bicyclic) bond motifs is 1. The van der Waals surface area contributed by atoms with E-state index in [9.17, 15) is 14.9 Å². The Kier molecular flexibility index (Phi) is 6.07. The van der Waals surface area contributed by atoms with Crippen LogP contribution in [-0.4, -0.2) is 60.9 Å². The normalized spacial score (nSPS) is 19.6. The van der Waals surface area contributed by atoms with Gasteiger partial charge in [0, 0.05) is 32.4 Å². The largest absolute Gasteiger partial charge is 0.378 e. The zero-order chi connectivity index (χ0) is 20.9. The van der Waals surface area contributed by atoms with E-state index in [2.05, 4.69) is 10.3 Å². The SMILES string of the molecule is N#C/C(=C\c1c(N2CCOCC2)nc2ccccn2c1=O)C(=O)NCC1CCCO1. The number of nitrogens with zero attached hydrogens (tertiary/aromatic N) is 4. The van der Waals surface area contributed by atoms with Gasteiger partial charge in [-0.25, -0.2) is 4.98 Å². The van der Waals surface area contributed by atoms with Crippen LogP contribution in [0.25, 0.3) is 11.7 Å². The average Bonchev–Trinajstić information content (AvgIpc) is 3.31. The summed E-state index contributed by atoms with van der Waals surface area (Å²) in [4.78, 5) is 32.4. The second-order valence-electron chi connectivity index (χ2n) is 7.20. The molecule has 2 aromatic rings. The van der Waals surface area contributed by atoms with Gasteiger partial charge in [0.1, 0.15) is 23.1 Å². The van der Waals surface area contributed by atoms with Crippen molar-refractivity contribution in [2.75, 3.05) is 44.4 Å². The van der Waals surface area contributed by atoms with Crippen molar-refractivity contribution in [3.8, 4) is 6.07 Å². The topological polar surface area (TPSA) is 109 Å². The highest BCUT2D eigenvalue weighted by Crippen LogP contribution is 2.20. The Morgan fingerprint density at radius 3 is 2.90 bits per heavy atom. The lowest BCUT2D eigenvalue weighted by Crippen LogP contribution is -2.39. The minimum atomic E-state index is -0.529. The van der Waals surface area contributed by atoms with Crippen molar-refractivity contribution in [1.29, 1.82) is 5.26 Å². The number of ether oxygens (including phenoxy) is 2. The highest BCUT2D eigenvalue weighted by molar-refractivity contribution is 6.02. The van der Waals surface area contributed by atoms with Gasteiger partial charge in [0.2, 0.25) is 0 Å². The van der Waals surface area contributed by atoms with Crippen molar-refractivity contribution in [3.05, 3.63) is 45.9 Å². The molecule has 0 aromatic carbocycles. The van der Waals surface area contributed by atoms with Crippen molar-refractivity contribution in [2.45, 2.75) is 18.9 Å². The Balaban J connectivity index is 1.71. The molecule has 1 N–H and O–H groups in total. The van der Waals surface area contributed by atoms with Gasteiger partial charge in [0.25, 0.3) is 11.5 Å². The van der Waals surface area contributed by atoms with E-state index in [0.717, 1.165) is 12.8 Å². The van der Waals surface area contributed by atoms with E-state index in [1.807, 2.05) is 11.0 Å². The molecule has 1 amide bonds. The molecular formula is C21H23N5O4. The number of carbonyl (C=O) groups is 1. The molecule has 0 radical (unpaired) electrons. The first-order valence-electron chi connectivity index (χ1n) is 10.0. The number of nitrogens with one attached hydrogen (secondary N) is 1. The van der Waals surface area contributed by atoms with E-state index in [1.165, 1.54) is 10.5 Å². The molecule has 4 rings (SSSR count). The van der Waals surface area contributed by atoms with E-state index in [1.54, 1.807) is 24.4 Å². The second-order valence-corrected chi connectivity index (χ2v) is 7.20. The van der Waals surface area contributed by atoms with Crippen molar-refractivity contribution in [2.24, 2.45) is 0 Å². The fraction of sp³-hybridized carbons (Fsp3) is 0.429. The summed E-state index contributed by atoms with van der Waals surface area (Å²) in [7, 11) is 0. The summed E-state index contributed by atoms with van der Waals surface area (Å²) >= 11 is 0. The van der Waals surface area contributed by atoms with E-state index in [0.29, 0.717) is 50.9 Å². The molecule has 2 aliphatic heterocycles. The molecule has 0 bridgehead atoms. The number of anilines is 1. The third kappa shape index (κ3) is 4.20. The summed E-state index contributed by atoms with van der Waals surface area (Å²) in [5.74, 6) is -0.0762. The van der Waals surface area contributed by atoms with Gasteiger partial charge in [-0.3, -0.25) is 14.0 Å². The lowest BCUT2D eigenvalue weighted by atomic mass is 10.1. The molecule has 1 atom stereocenters. The Morgan fingerprint density at radius 2 is 2.17 bits per heavy atom. The summed E-state index contributed by atoms with van der Waals surface area (Å²) < 4.78 is 12.3. The van der Waals surface area contributed by atoms with E-state index in [-0.39, 0.29) is 22.8 Å². The Hall–Kier alpha value is -3.22. The van der Waals surface area contributed by atoms with Gasteiger partial charge in [0.15, 0.2) is 0 Å². The smallest absolute Gasteiger partial charge is 0.267 e. The molecule has 9 heteroatoms. The van der Waals surface area contributed by atoms with Crippen molar-refractivity contribution in [3.63, 3.8) is 0 Å².